The lowest BCUT2D eigenvalue weighted by molar-refractivity contribution is -0.159. The maximum absolute atomic E-state index is 13.0. The molecule has 3 atom stereocenters. The molecule has 1 saturated heterocycles. The van der Waals surface area contributed by atoms with Crippen LogP contribution in [0.15, 0.2) is 0 Å². The Hall–Kier alpha value is -1.10. The number of carbonyl (C=O) groups excluding carboxylic acids is 2. The Morgan fingerprint density at radius 3 is 2.48 bits per heavy atom. The van der Waals surface area contributed by atoms with Gasteiger partial charge >= 0.3 is 0 Å². The summed E-state index contributed by atoms with van der Waals surface area (Å²) in [5, 5.41) is 3.38. The molecule has 3 fully saturated rings. The molecule has 0 aromatic carbocycles. The number of rotatable bonds is 4. The van der Waals surface area contributed by atoms with Gasteiger partial charge in [-0.2, -0.15) is 0 Å². The van der Waals surface area contributed by atoms with E-state index in [1.54, 1.807) is 0 Å². The summed E-state index contributed by atoms with van der Waals surface area (Å²) in [6, 6.07) is 0.246. The van der Waals surface area contributed by atoms with E-state index in [2.05, 4.69) is 12.2 Å². The van der Waals surface area contributed by atoms with E-state index in [0.29, 0.717) is 12.6 Å². The third-order valence-electron chi connectivity index (χ3n) is 6.97. The van der Waals surface area contributed by atoms with Crippen LogP contribution in [-0.2, 0) is 14.3 Å². The van der Waals surface area contributed by atoms with Gasteiger partial charge in [-0.25, -0.2) is 0 Å². The molecule has 2 aliphatic carbocycles. The molecule has 0 aromatic rings. The first-order valence-corrected chi connectivity index (χ1v) is 11.0. The Labute approximate surface area is 164 Å². The molecule has 1 spiro atoms. The standard InChI is InChI=1S/C22H38N2O3/c1-5-27-18-14-17(22(18)11-7-6-8-12-22)23-19(25)16-10-9-13-24(15-16)20(26)21(2,3)4/h16-18H,5-15H2,1-4H3,(H,23,25)/t16-,17+,18+/m0/s1. The molecule has 5 nitrogen and oxygen atoms in total. The third-order valence-corrected chi connectivity index (χ3v) is 6.97. The number of carbonyl (C=O) groups is 2. The predicted octanol–water partition coefficient (Wildman–Crippen LogP) is 3.52. The molecular weight excluding hydrogens is 340 g/mol. The van der Waals surface area contributed by atoms with Crippen molar-refractivity contribution in [3.05, 3.63) is 0 Å². The minimum Gasteiger partial charge on any atom is -0.378 e. The Morgan fingerprint density at radius 2 is 1.85 bits per heavy atom. The highest BCUT2D eigenvalue weighted by atomic mass is 16.5. The normalized spacial score (nSPS) is 30.7. The fraction of sp³-hybridized carbons (Fsp3) is 0.909. The van der Waals surface area contributed by atoms with Crippen molar-refractivity contribution in [2.24, 2.45) is 16.7 Å². The van der Waals surface area contributed by atoms with Gasteiger partial charge in [-0.3, -0.25) is 9.59 Å². The molecule has 3 rings (SSSR count). The Balaban J connectivity index is 1.60. The molecule has 2 amide bonds. The molecule has 5 heteroatoms. The van der Waals surface area contributed by atoms with E-state index in [4.69, 9.17) is 4.74 Å². The Morgan fingerprint density at radius 1 is 1.15 bits per heavy atom. The number of piperidine rings is 1. The average Bonchev–Trinajstić information content (AvgIpc) is 2.66. The van der Waals surface area contributed by atoms with Crippen LogP contribution in [0, 0.1) is 16.7 Å². The number of hydrogen-bond acceptors (Lipinski definition) is 3. The van der Waals surface area contributed by atoms with Crippen molar-refractivity contribution in [1.29, 1.82) is 0 Å². The van der Waals surface area contributed by atoms with Gasteiger partial charge in [-0.1, -0.05) is 40.0 Å². The van der Waals surface area contributed by atoms with E-state index >= 15 is 0 Å². The number of nitrogens with one attached hydrogen (secondary N) is 1. The van der Waals surface area contributed by atoms with E-state index in [0.717, 1.165) is 32.4 Å². The van der Waals surface area contributed by atoms with Crippen molar-refractivity contribution in [2.45, 2.75) is 91.2 Å². The lowest BCUT2D eigenvalue weighted by atomic mass is 9.55. The molecule has 1 N–H and O–H groups in total. The van der Waals surface area contributed by atoms with Gasteiger partial charge < -0.3 is 15.0 Å². The predicted molar refractivity (Wildman–Crippen MR) is 106 cm³/mol. The summed E-state index contributed by atoms with van der Waals surface area (Å²) in [6.07, 6.45) is 9.17. The molecule has 0 unspecified atom stereocenters. The summed E-state index contributed by atoms with van der Waals surface area (Å²) in [5.41, 5.74) is -0.233. The monoisotopic (exact) mass is 378 g/mol. The van der Waals surface area contributed by atoms with Gasteiger partial charge in [-0.05, 0) is 39.0 Å². The second-order valence-electron chi connectivity index (χ2n) is 9.88. The fourth-order valence-corrected chi connectivity index (χ4v) is 5.41. The lowest BCUT2D eigenvalue weighted by Gasteiger charge is -2.58. The van der Waals surface area contributed by atoms with E-state index in [-0.39, 0.29) is 34.6 Å². The maximum Gasteiger partial charge on any atom is 0.227 e. The smallest absolute Gasteiger partial charge is 0.227 e. The van der Waals surface area contributed by atoms with Crippen LogP contribution in [-0.4, -0.2) is 48.6 Å². The maximum atomic E-state index is 13.0. The fourth-order valence-electron chi connectivity index (χ4n) is 5.41. The van der Waals surface area contributed by atoms with Crippen molar-refractivity contribution in [3.8, 4) is 0 Å². The van der Waals surface area contributed by atoms with Crippen molar-refractivity contribution in [3.63, 3.8) is 0 Å². The van der Waals surface area contributed by atoms with E-state index in [9.17, 15) is 9.59 Å². The largest absolute Gasteiger partial charge is 0.378 e. The van der Waals surface area contributed by atoms with Crippen LogP contribution in [0.4, 0.5) is 0 Å². The topological polar surface area (TPSA) is 58.6 Å². The summed E-state index contributed by atoms with van der Waals surface area (Å²) in [6.45, 7) is 10.0. The third kappa shape index (κ3) is 4.18. The molecule has 1 aliphatic heterocycles. The quantitative estimate of drug-likeness (QED) is 0.814. The molecular formula is C22H38N2O3. The molecule has 1 heterocycles. The molecule has 0 bridgehead atoms. The minimum absolute atomic E-state index is 0.0724. The van der Waals surface area contributed by atoms with Crippen LogP contribution < -0.4 is 5.32 Å². The summed E-state index contributed by atoms with van der Waals surface area (Å²) < 4.78 is 6.01. The second kappa shape index (κ2) is 8.10. The van der Waals surface area contributed by atoms with Crippen LogP contribution in [0.2, 0.25) is 0 Å². The van der Waals surface area contributed by atoms with E-state index in [1.807, 2.05) is 25.7 Å². The van der Waals surface area contributed by atoms with Gasteiger partial charge in [0, 0.05) is 36.6 Å². The molecule has 0 aromatic heterocycles. The lowest BCUT2D eigenvalue weighted by Crippen LogP contribution is -2.66. The van der Waals surface area contributed by atoms with Gasteiger partial charge in [0.1, 0.15) is 0 Å². The Bertz CT molecular complexity index is 548. The van der Waals surface area contributed by atoms with Crippen molar-refractivity contribution < 1.29 is 14.3 Å². The first-order valence-electron chi connectivity index (χ1n) is 11.0. The summed E-state index contributed by atoms with van der Waals surface area (Å²) in [7, 11) is 0. The summed E-state index contributed by atoms with van der Waals surface area (Å²) in [4.78, 5) is 27.5. The van der Waals surface area contributed by atoms with Crippen LogP contribution in [0.25, 0.3) is 0 Å². The van der Waals surface area contributed by atoms with Crippen LogP contribution in [0.1, 0.15) is 79.1 Å². The van der Waals surface area contributed by atoms with E-state index in [1.165, 1.54) is 32.1 Å². The van der Waals surface area contributed by atoms with Crippen LogP contribution in [0.3, 0.4) is 0 Å². The highest BCUT2D eigenvalue weighted by molar-refractivity contribution is 5.84. The van der Waals surface area contributed by atoms with Gasteiger partial charge in [0.25, 0.3) is 0 Å². The Kier molecular flexibility index (Phi) is 6.19. The van der Waals surface area contributed by atoms with Gasteiger partial charge in [-0.15, -0.1) is 0 Å². The van der Waals surface area contributed by atoms with Crippen molar-refractivity contribution in [2.75, 3.05) is 19.7 Å². The molecule has 154 valence electrons. The van der Waals surface area contributed by atoms with Crippen molar-refractivity contribution >= 4 is 11.8 Å². The highest BCUT2D eigenvalue weighted by Crippen LogP contribution is 2.53. The van der Waals surface area contributed by atoms with Gasteiger partial charge in [0.15, 0.2) is 0 Å². The molecule has 2 saturated carbocycles. The minimum atomic E-state index is -0.386. The van der Waals surface area contributed by atoms with Crippen LogP contribution in [0.5, 0.6) is 0 Å². The molecule has 3 aliphatic rings. The van der Waals surface area contributed by atoms with Gasteiger partial charge in [0.05, 0.1) is 12.0 Å². The first kappa shape index (κ1) is 20.6. The number of hydrogen-bond donors (Lipinski definition) is 1. The zero-order valence-corrected chi connectivity index (χ0v) is 17.7. The number of nitrogens with zero attached hydrogens (tertiary/aromatic N) is 1. The highest BCUT2D eigenvalue weighted by Gasteiger charge is 2.56. The summed E-state index contributed by atoms with van der Waals surface area (Å²) >= 11 is 0. The summed E-state index contributed by atoms with van der Waals surface area (Å²) in [5.74, 6) is 0.229. The number of amides is 2. The zero-order chi connectivity index (χ0) is 19.7. The number of ether oxygens (including phenoxy) is 1. The molecule has 0 radical (unpaired) electrons. The SMILES string of the molecule is CCO[C@@H]1C[C@@H](NC(=O)[C@H]2CCCN(C(=O)C(C)(C)C)C2)C12CCCCC2. The average molecular weight is 379 g/mol. The zero-order valence-electron chi connectivity index (χ0n) is 17.7. The van der Waals surface area contributed by atoms with Crippen molar-refractivity contribution in [1.82, 2.24) is 10.2 Å². The second-order valence-corrected chi connectivity index (χ2v) is 9.88. The number of likely N-dealkylation sites (tertiary alicyclic amines) is 1. The first-order chi connectivity index (χ1) is 12.8. The molecule has 27 heavy (non-hydrogen) atoms. The van der Waals surface area contributed by atoms with Crippen LogP contribution >= 0.6 is 0 Å². The van der Waals surface area contributed by atoms with E-state index < -0.39 is 0 Å². The van der Waals surface area contributed by atoms with Gasteiger partial charge in [0.2, 0.25) is 11.8 Å².